The molecule has 9 nitrogen and oxygen atoms in total. The summed E-state index contributed by atoms with van der Waals surface area (Å²) in [7, 11) is 0. The smallest absolute Gasteiger partial charge is 0.439 e. The highest BCUT2D eigenvalue weighted by Crippen LogP contribution is 2.30. The van der Waals surface area contributed by atoms with Crippen molar-refractivity contribution < 1.29 is 14.0 Å². The minimum Gasteiger partial charge on any atom is -0.494 e. The molecule has 0 radical (unpaired) electrons. The summed E-state index contributed by atoms with van der Waals surface area (Å²) in [4.78, 5) is 32.9. The molecule has 0 atom stereocenters. The van der Waals surface area contributed by atoms with Gasteiger partial charge in [0.05, 0.1) is 18.8 Å². The first-order valence-corrected chi connectivity index (χ1v) is 13.8. The Morgan fingerprint density at radius 1 is 0.902 bits per heavy atom. The zero-order valence-corrected chi connectivity index (χ0v) is 23.3. The molecule has 0 saturated heterocycles. The number of aromatic nitrogens is 4. The predicted octanol–water partition coefficient (Wildman–Crippen LogP) is 6.01. The van der Waals surface area contributed by atoms with Gasteiger partial charge in [-0.3, -0.25) is 18.9 Å². The molecule has 3 aromatic carbocycles. The van der Waals surface area contributed by atoms with Crippen LogP contribution in [0.15, 0.2) is 86.9 Å². The third-order valence-electron chi connectivity index (χ3n) is 6.65. The largest absolute Gasteiger partial charge is 0.494 e. The number of nitrogens with zero attached hydrogens (tertiary/aromatic N) is 3. The second kappa shape index (κ2) is 12.5. The van der Waals surface area contributed by atoms with E-state index in [1.807, 2.05) is 74.5 Å². The third kappa shape index (κ3) is 6.14. The summed E-state index contributed by atoms with van der Waals surface area (Å²) in [6, 6.07) is 22.8. The second-order valence-corrected chi connectivity index (χ2v) is 9.49. The first-order valence-electron chi connectivity index (χ1n) is 13.8. The van der Waals surface area contributed by atoms with Crippen LogP contribution in [0, 0.1) is 0 Å². The fraction of sp³-hybridized carbons (Fsp3) is 0.250. The van der Waals surface area contributed by atoms with E-state index in [1.165, 1.54) is 0 Å². The number of nitrogens with one attached hydrogen (secondary N) is 1. The monoisotopic (exact) mass is 552 g/mol. The van der Waals surface area contributed by atoms with Gasteiger partial charge < -0.3 is 9.47 Å². The van der Waals surface area contributed by atoms with Crippen LogP contribution in [0.5, 0.6) is 17.2 Å². The molecular weight excluding hydrogens is 520 g/mol. The van der Waals surface area contributed by atoms with Gasteiger partial charge in [0.25, 0.3) is 5.56 Å². The molecule has 2 aromatic heterocycles. The summed E-state index contributed by atoms with van der Waals surface area (Å²) >= 11 is 0. The number of rotatable bonds is 11. The molecule has 9 heteroatoms. The van der Waals surface area contributed by atoms with Crippen molar-refractivity contribution in [3.8, 4) is 39.8 Å². The highest BCUT2D eigenvalue weighted by Gasteiger charge is 2.19. The Balaban J connectivity index is 1.48. The van der Waals surface area contributed by atoms with Gasteiger partial charge in [0.15, 0.2) is 5.82 Å². The maximum Gasteiger partial charge on any atom is 0.439 e. The molecule has 0 aliphatic carbocycles. The van der Waals surface area contributed by atoms with Crippen LogP contribution in [0.3, 0.4) is 0 Å². The van der Waals surface area contributed by atoms with E-state index in [1.54, 1.807) is 16.7 Å². The van der Waals surface area contributed by atoms with Crippen LogP contribution in [-0.2, 0) is 19.4 Å². The van der Waals surface area contributed by atoms with Crippen molar-refractivity contribution in [1.29, 1.82) is 0 Å². The fourth-order valence-electron chi connectivity index (χ4n) is 4.72. The van der Waals surface area contributed by atoms with Crippen LogP contribution >= 0.6 is 0 Å². The third-order valence-corrected chi connectivity index (χ3v) is 6.65. The topological polar surface area (TPSA) is 112 Å². The molecule has 0 saturated carbocycles. The molecule has 2 heterocycles. The van der Waals surface area contributed by atoms with Gasteiger partial charge in [0, 0.05) is 18.1 Å². The van der Waals surface area contributed by atoms with Gasteiger partial charge in [-0.25, -0.2) is 9.78 Å². The zero-order chi connectivity index (χ0) is 28.8. The molecule has 0 aliphatic rings. The van der Waals surface area contributed by atoms with Gasteiger partial charge in [0.1, 0.15) is 17.3 Å². The molecular formula is C32H32N4O5. The Morgan fingerprint density at radius 2 is 1.66 bits per heavy atom. The van der Waals surface area contributed by atoms with Crippen LogP contribution in [0.4, 0.5) is 0 Å². The predicted molar refractivity (Wildman–Crippen MR) is 157 cm³/mol. The van der Waals surface area contributed by atoms with Crippen molar-refractivity contribution in [2.45, 2.75) is 46.6 Å². The van der Waals surface area contributed by atoms with Crippen LogP contribution < -0.4 is 20.8 Å². The van der Waals surface area contributed by atoms with Crippen molar-refractivity contribution in [2.24, 2.45) is 0 Å². The summed E-state index contributed by atoms with van der Waals surface area (Å²) in [5, 5.41) is 3.84. The van der Waals surface area contributed by atoms with Gasteiger partial charge in [-0.15, -0.1) is 0 Å². The standard InChI is InChI=1S/C32H32N4O5/c1-4-10-28-33-27(5-2)29(40-24-12-9-11-23(19-24)39-6-3)31(37)36(28)20-21-15-17-22(18-16-21)25-13-7-8-14-26(25)30-34-32(38)41-35-30/h7-9,11-19H,4-6,10,20H2,1-3H3,(H,34,35,38). The molecule has 41 heavy (non-hydrogen) atoms. The zero-order valence-electron chi connectivity index (χ0n) is 23.3. The molecule has 0 aliphatic heterocycles. The molecule has 0 fully saturated rings. The summed E-state index contributed by atoms with van der Waals surface area (Å²) in [5.74, 6) is 1.92. The Kier molecular flexibility index (Phi) is 8.43. The van der Waals surface area contributed by atoms with Gasteiger partial charge in [0.2, 0.25) is 5.75 Å². The number of ether oxygens (including phenoxy) is 2. The number of aromatic amines is 1. The van der Waals surface area contributed by atoms with Gasteiger partial charge in [-0.2, -0.15) is 0 Å². The van der Waals surface area contributed by atoms with E-state index >= 15 is 0 Å². The van der Waals surface area contributed by atoms with E-state index in [9.17, 15) is 9.59 Å². The summed E-state index contributed by atoms with van der Waals surface area (Å²) in [6.45, 7) is 6.84. The van der Waals surface area contributed by atoms with Gasteiger partial charge in [-0.1, -0.05) is 73.6 Å². The molecule has 1 N–H and O–H groups in total. The van der Waals surface area contributed by atoms with Gasteiger partial charge >= 0.3 is 5.76 Å². The number of hydrogen-bond acceptors (Lipinski definition) is 7. The SMILES string of the molecule is CCCc1nc(CC)c(Oc2cccc(OCC)c2)c(=O)n1Cc1ccc(-c2ccccc2-c2noc(=O)[nH]2)cc1. The Hall–Kier alpha value is -4.92. The average Bonchev–Trinajstić information content (AvgIpc) is 3.43. The van der Waals surface area contributed by atoms with Crippen molar-refractivity contribution in [3.63, 3.8) is 0 Å². The molecule has 210 valence electrons. The fourth-order valence-corrected chi connectivity index (χ4v) is 4.72. The molecule has 5 rings (SSSR count). The maximum atomic E-state index is 13.9. The maximum absolute atomic E-state index is 13.9. The first-order chi connectivity index (χ1) is 20.0. The molecule has 5 aromatic rings. The van der Waals surface area contributed by atoms with Crippen LogP contribution in [-0.4, -0.2) is 26.3 Å². The van der Waals surface area contributed by atoms with Crippen molar-refractivity contribution in [2.75, 3.05) is 6.61 Å². The first kappa shape index (κ1) is 27.6. The Morgan fingerprint density at radius 3 is 2.34 bits per heavy atom. The highest BCUT2D eigenvalue weighted by molar-refractivity contribution is 5.80. The summed E-state index contributed by atoms with van der Waals surface area (Å²) in [5.41, 5.74) is 3.94. The summed E-state index contributed by atoms with van der Waals surface area (Å²) < 4.78 is 18.1. The molecule has 0 spiro atoms. The van der Waals surface area contributed by atoms with E-state index in [4.69, 9.17) is 19.0 Å². The van der Waals surface area contributed by atoms with E-state index in [0.717, 1.165) is 34.5 Å². The lowest BCUT2D eigenvalue weighted by molar-refractivity contribution is 0.338. The molecule has 0 amide bonds. The lowest BCUT2D eigenvalue weighted by Gasteiger charge is -2.17. The summed E-state index contributed by atoms with van der Waals surface area (Å²) in [6.07, 6.45) is 2.09. The van der Waals surface area contributed by atoms with E-state index in [-0.39, 0.29) is 11.3 Å². The Labute approximate surface area is 237 Å². The molecule has 0 bridgehead atoms. The molecule has 0 unspecified atom stereocenters. The minimum atomic E-state index is -0.605. The second-order valence-electron chi connectivity index (χ2n) is 9.49. The lowest BCUT2D eigenvalue weighted by Crippen LogP contribution is -2.28. The average molecular weight is 553 g/mol. The Bertz CT molecular complexity index is 1750. The number of hydrogen-bond donors (Lipinski definition) is 1. The van der Waals surface area contributed by atoms with Crippen LogP contribution in [0.25, 0.3) is 22.5 Å². The lowest BCUT2D eigenvalue weighted by atomic mass is 9.98. The van der Waals surface area contributed by atoms with Crippen molar-refractivity contribution in [3.05, 3.63) is 111 Å². The number of H-pyrrole nitrogens is 1. The minimum absolute atomic E-state index is 0.216. The van der Waals surface area contributed by atoms with Crippen LogP contribution in [0.2, 0.25) is 0 Å². The van der Waals surface area contributed by atoms with Crippen LogP contribution in [0.1, 0.15) is 44.3 Å². The van der Waals surface area contributed by atoms with E-state index < -0.39 is 5.76 Å². The van der Waals surface area contributed by atoms with E-state index in [0.29, 0.717) is 49.0 Å². The van der Waals surface area contributed by atoms with E-state index in [2.05, 4.69) is 17.1 Å². The van der Waals surface area contributed by atoms with Crippen molar-refractivity contribution in [1.82, 2.24) is 19.7 Å². The number of aryl methyl sites for hydroxylation is 2. The normalized spacial score (nSPS) is 11.0. The number of benzene rings is 3. The quantitative estimate of drug-likeness (QED) is 0.214. The van der Waals surface area contributed by atoms with Gasteiger partial charge in [-0.05, 0) is 48.6 Å². The van der Waals surface area contributed by atoms with Crippen molar-refractivity contribution >= 4 is 0 Å². The highest BCUT2D eigenvalue weighted by atomic mass is 16.5.